The highest BCUT2D eigenvalue weighted by Crippen LogP contribution is 2.27. The van der Waals surface area contributed by atoms with Crippen molar-refractivity contribution < 1.29 is 13.2 Å². The molecule has 2 heterocycles. The van der Waals surface area contributed by atoms with E-state index in [1.807, 2.05) is 61.7 Å². The molecule has 2 aromatic heterocycles. The average Bonchev–Trinajstić information content (AvgIpc) is 3.44. The summed E-state index contributed by atoms with van der Waals surface area (Å²) in [7, 11) is -3.77. The summed E-state index contributed by atoms with van der Waals surface area (Å²) >= 11 is 0. The normalized spacial score (nSPS) is 12.9. The molecule has 0 saturated carbocycles. The van der Waals surface area contributed by atoms with Gasteiger partial charge in [0.15, 0.2) is 5.82 Å². The van der Waals surface area contributed by atoms with E-state index in [1.54, 1.807) is 29.7 Å². The number of aromatic amines is 1. The van der Waals surface area contributed by atoms with Crippen LogP contribution in [-0.2, 0) is 16.6 Å². The number of H-pyrrole nitrogens is 1. The van der Waals surface area contributed by atoms with Crippen LogP contribution in [-0.4, -0.2) is 28.2 Å². The first-order valence-corrected chi connectivity index (χ1v) is 12.1. The summed E-state index contributed by atoms with van der Waals surface area (Å²) in [5.41, 5.74) is 0.951. The fraction of sp³-hybridized carbons (Fsp3) is 0.167. The van der Waals surface area contributed by atoms with E-state index in [2.05, 4.69) is 19.9 Å². The third-order valence-corrected chi connectivity index (χ3v) is 7.09. The van der Waals surface area contributed by atoms with Crippen LogP contribution in [0.25, 0.3) is 21.7 Å². The quantitative estimate of drug-likeness (QED) is 0.364. The first-order chi connectivity index (χ1) is 15.9. The van der Waals surface area contributed by atoms with E-state index < -0.39 is 16.1 Å². The molecule has 168 valence electrons. The van der Waals surface area contributed by atoms with E-state index in [9.17, 15) is 8.42 Å². The third kappa shape index (κ3) is 4.08. The molecule has 8 nitrogen and oxygen atoms in total. The van der Waals surface area contributed by atoms with Gasteiger partial charge in [-0.25, -0.2) is 13.1 Å². The highest BCUT2D eigenvalue weighted by Gasteiger charge is 2.24. The molecule has 0 aliphatic carbocycles. The summed E-state index contributed by atoms with van der Waals surface area (Å²) < 4.78 is 36.5. The third-order valence-electron chi connectivity index (χ3n) is 5.55. The van der Waals surface area contributed by atoms with Crippen LogP contribution in [0.2, 0.25) is 0 Å². The van der Waals surface area contributed by atoms with Gasteiger partial charge in [0.2, 0.25) is 10.0 Å². The van der Waals surface area contributed by atoms with Gasteiger partial charge in [-0.3, -0.25) is 4.57 Å². The zero-order valence-electron chi connectivity index (χ0n) is 18.2. The van der Waals surface area contributed by atoms with E-state index >= 15 is 0 Å². The van der Waals surface area contributed by atoms with Crippen molar-refractivity contribution in [3.8, 4) is 11.8 Å². The highest BCUT2D eigenvalue weighted by molar-refractivity contribution is 7.89. The molecule has 3 aromatic carbocycles. The van der Waals surface area contributed by atoms with Crippen LogP contribution in [0, 0.1) is 0 Å². The molecule has 0 radical (unpaired) electrons. The van der Waals surface area contributed by atoms with Gasteiger partial charge in [0, 0.05) is 24.3 Å². The van der Waals surface area contributed by atoms with Crippen LogP contribution in [0.3, 0.4) is 0 Å². The van der Waals surface area contributed by atoms with Crippen LogP contribution in [0.15, 0.2) is 77.8 Å². The van der Waals surface area contributed by atoms with Crippen LogP contribution in [0.5, 0.6) is 11.8 Å². The summed E-state index contributed by atoms with van der Waals surface area (Å²) in [6.07, 6.45) is 1.87. The van der Waals surface area contributed by atoms with Crippen LogP contribution in [0.4, 0.5) is 0 Å². The smallest absolute Gasteiger partial charge is 0.322 e. The van der Waals surface area contributed by atoms with Gasteiger partial charge in [0.1, 0.15) is 5.75 Å². The fourth-order valence-corrected chi connectivity index (χ4v) is 5.11. The first-order valence-electron chi connectivity index (χ1n) is 10.6. The van der Waals surface area contributed by atoms with Gasteiger partial charge in [-0.05, 0) is 60.3 Å². The van der Waals surface area contributed by atoms with Crippen molar-refractivity contribution in [2.75, 3.05) is 0 Å². The van der Waals surface area contributed by atoms with Crippen molar-refractivity contribution in [3.63, 3.8) is 0 Å². The Hall–Kier alpha value is -3.69. The molecule has 0 fully saturated rings. The van der Waals surface area contributed by atoms with Gasteiger partial charge in [0.05, 0.1) is 10.9 Å². The standard InChI is InChI=1S/C24H23N5O3S/c1-3-29-23(26-27-24(29)32-20-10-8-18-12-13-25-22(18)15-20)16(2)28-33(30,31)21-11-9-17-6-4-5-7-19(17)14-21/h4-16,25,28H,3H2,1-2H3/t16-/m1/s1. The van der Waals surface area contributed by atoms with E-state index in [0.29, 0.717) is 24.1 Å². The van der Waals surface area contributed by atoms with Crippen LogP contribution >= 0.6 is 0 Å². The number of ether oxygens (including phenoxy) is 1. The molecule has 5 rings (SSSR count). The number of nitrogens with one attached hydrogen (secondary N) is 2. The predicted molar refractivity (Wildman–Crippen MR) is 127 cm³/mol. The van der Waals surface area contributed by atoms with Crippen molar-refractivity contribution >= 4 is 31.7 Å². The minimum atomic E-state index is -3.77. The molecule has 5 aromatic rings. The molecule has 33 heavy (non-hydrogen) atoms. The van der Waals surface area contributed by atoms with Gasteiger partial charge in [0.25, 0.3) is 0 Å². The summed E-state index contributed by atoms with van der Waals surface area (Å²) in [5, 5.41) is 11.3. The minimum Gasteiger partial charge on any atom is -0.424 e. The monoisotopic (exact) mass is 461 g/mol. The number of nitrogens with zero attached hydrogens (tertiary/aromatic N) is 3. The Morgan fingerprint density at radius 3 is 2.61 bits per heavy atom. The zero-order chi connectivity index (χ0) is 23.0. The number of hydrogen-bond acceptors (Lipinski definition) is 5. The molecule has 0 aliphatic rings. The van der Waals surface area contributed by atoms with E-state index in [-0.39, 0.29) is 4.90 Å². The number of sulfonamides is 1. The average molecular weight is 462 g/mol. The Bertz CT molecular complexity index is 1550. The Morgan fingerprint density at radius 1 is 1.00 bits per heavy atom. The number of benzene rings is 3. The van der Waals surface area contributed by atoms with Gasteiger partial charge >= 0.3 is 6.01 Å². The molecular formula is C24H23N5O3S. The Labute approximate surface area is 191 Å². The second kappa shape index (κ2) is 8.34. The molecule has 0 spiro atoms. The molecule has 0 saturated heterocycles. The van der Waals surface area contributed by atoms with E-state index in [0.717, 1.165) is 21.7 Å². The maximum atomic E-state index is 13.1. The zero-order valence-corrected chi connectivity index (χ0v) is 19.0. The lowest BCUT2D eigenvalue weighted by Gasteiger charge is -2.15. The lowest BCUT2D eigenvalue weighted by Crippen LogP contribution is -2.29. The molecule has 2 N–H and O–H groups in total. The molecule has 1 atom stereocenters. The number of aromatic nitrogens is 4. The number of hydrogen-bond donors (Lipinski definition) is 2. The Morgan fingerprint density at radius 2 is 1.79 bits per heavy atom. The summed E-state index contributed by atoms with van der Waals surface area (Å²) in [6, 6.07) is 20.1. The maximum Gasteiger partial charge on any atom is 0.322 e. The van der Waals surface area contributed by atoms with E-state index in [4.69, 9.17) is 4.74 Å². The van der Waals surface area contributed by atoms with Crippen LogP contribution in [0.1, 0.15) is 25.7 Å². The second-order valence-corrected chi connectivity index (χ2v) is 9.48. The molecule has 0 unspecified atom stereocenters. The minimum absolute atomic E-state index is 0.200. The SMILES string of the molecule is CCn1c(Oc2ccc3cc[nH]c3c2)nnc1[C@@H](C)NS(=O)(=O)c1ccc2ccccc2c1. The number of fused-ring (bicyclic) bond motifs is 2. The maximum absolute atomic E-state index is 13.1. The van der Waals surface area contributed by atoms with Gasteiger partial charge in [-0.15, -0.1) is 5.10 Å². The number of rotatable bonds is 7. The molecular weight excluding hydrogens is 438 g/mol. The van der Waals surface area contributed by atoms with Gasteiger partial charge in [-0.2, -0.15) is 0 Å². The molecule has 9 heteroatoms. The van der Waals surface area contributed by atoms with Gasteiger partial charge in [-0.1, -0.05) is 35.4 Å². The summed E-state index contributed by atoms with van der Waals surface area (Å²) in [4.78, 5) is 3.35. The summed E-state index contributed by atoms with van der Waals surface area (Å²) in [5.74, 6) is 1.08. The Kier molecular flexibility index (Phi) is 5.35. The van der Waals surface area contributed by atoms with Crippen molar-refractivity contribution in [2.24, 2.45) is 0 Å². The topological polar surface area (TPSA) is 102 Å². The van der Waals surface area contributed by atoms with Crippen LogP contribution < -0.4 is 9.46 Å². The largest absolute Gasteiger partial charge is 0.424 e. The van der Waals surface area contributed by atoms with Crippen molar-refractivity contribution in [3.05, 3.63) is 78.8 Å². The highest BCUT2D eigenvalue weighted by atomic mass is 32.2. The van der Waals surface area contributed by atoms with Crippen molar-refractivity contribution in [1.82, 2.24) is 24.5 Å². The summed E-state index contributed by atoms with van der Waals surface area (Å²) in [6.45, 7) is 4.19. The lowest BCUT2D eigenvalue weighted by atomic mass is 10.1. The van der Waals surface area contributed by atoms with Gasteiger partial charge < -0.3 is 9.72 Å². The fourth-order valence-electron chi connectivity index (χ4n) is 3.88. The van der Waals surface area contributed by atoms with E-state index in [1.165, 1.54) is 0 Å². The predicted octanol–water partition coefficient (Wildman–Crippen LogP) is 4.76. The Balaban J connectivity index is 1.39. The van der Waals surface area contributed by atoms with Crippen molar-refractivity contribution in [2.45, 2.75) is 31.3 Å². The van der Waals surface area contributed by atoms with Crippen molar-refractivity contribution in [1.29, 1.82) is 0 Å². The molecule has 0 aliphatic heterocycles. The lowest BCUT2D eigenvalue weighted by molar-refractivity contribution is 0.408. The second-order valence-electron chi connectivity index (χ2n) is 7.77. The molecule has 0 bridgehead atoms. The first kappa shape index (κ1) is 21.2. The molecule has 0 amide bonds.